The Labute approximate surface area is 85.2 Å². The lowest BCUT2D eigenvalue weighted by molar-refractivity contribution is 0.0646. The van der Waals surface area contributed by atoms with Crippen molar-refractivity contribution in [1.82, 2.24) is 4.90 Å². The molecule has 0 aromatic carbocycles. The van der Waals surface area contributed by atoms with Gasteiger partial charge in [-0.3, -0.25) is 0 Å². The molecule has 1 fully saturated rings. The molecular weight excluding hydrogens is 178 g/mol. The summed E-state index contributed by atoms with van der Waals surface area (Å²) >= 11 is 0. The fourth-order valence-electron chi connectivity index (χ4n) is 1.54. The number of ether oxygens (including phenoxy) is 1. The Bertz CT molecular complexity index is 254. The van der Waals surface area contributed by atoms with E-state index in [1.165, 1.54) is 0 Å². The summed E-state index contributed by atoms with van der Waals surface area (Å²) in [6, 6.07) is 0. The third-order valence-electron chi connectivity index (χ3n) is 2.14. The zero-order valence-corrected chi connectivity index (χ0v) is 9.08. The van der Waals surface area contributed by atoms with Crippen LogP contribution in [0.15, 0.2) is 4.99 Å². The minimum Gasteiger partial charge on any atom is -0.378 e. The molecule has 1 heterocycles. The van der Waals surface area contributed by atoms with Crippen LogP contribution in [0, 0.1) is 16.9 Å². The second-order valence-corrected chi connectivity index (χ2v) is 4.38. The highest BCUT2D eigenvalue weighted by molar-refractivity contribution is 5.88. The largest absolute Gasteiger partial charge is 0.378 e. The highest BCUT2D eigenvalue weighted by Crippen LogP contribution is 2.19. The Morgan fingerprint density at radius 2 is 1.93 bits per heavy atom. The van der Waals surface area contributed by atoms with Crippen molar-refractivity contribution >= 4 is 5.84 Å². The quantitative estimate of drug-likeness (QED) is 0.332. The molecule has 78 valence electrons. The maximum Gasteiger partial charge on any atom is 0.207 e. The first kappa shape index (κ1) is 11.0. The molecule has 0 bridgehead atoms. The Morgan fingerprint density at radius 1 is 1.36 bits per heavy atom. The molecule has 1 saturated heterocycles. The molecule has 0 radical (unpaired) electrons. The molecule has 0 spiro atoms. The monoisotopic (exact) mass is 195 g/mol. The van der Waals surface area contributed by atoms with Crippen molar-refractivity contribution in [3.8, 4) is 6.19 Å². The van der Waals surface area contributed by atoms with Gasteiger partial charge in [-0.25, -0.2) is 0 Å². The summed E-state index contributed by atoms with van der Waals surface area (Å²) in [5, 5.41) is 8.64. The van der Waals surface area contributed by atoms with Crippen molar-refractivity contribution in [2.45, 2.75) is 20.8 Å². The van der Waals surface area contributed by atoms with Gasteiger partial charge in [0.15, 0.2) is 0 Å². The van der Waals surface area contributed by atoms with E-state index in [9.17, 15) is 0 Å². The van der Waals surface area contributed by atoms with Gasteiger partial charge in [0.25, 0.3) is 0 Å². The second-order valence-electron chi connectivity index (χ2n) is 4.38. The van der Waals surface area contributed by atoms with E-state index in [-0.39, 0.29) is 5.41 Å². The first-order valence-corrected chi connectivity index (χ1v) is 4.85. The summed E-state index contributed by atoms with van der Waals surface area (Å²) in [7, 11) is 0. The molecule has 0 aromatic heterocycles. The summed E-state index contributed by atoms with van der Waals surface area (Å²) in [5.41, 5.74) is -0.0763. The van der Waals surface area contributed by atoms with Gasteiger partial charge in [0.05, 0.1) is 13.2 Å². The molecule has 0 unspecified atom stereocenters. The van der Waals surface area contributed by atoms with Crippen molar-refractivity contribution in [1.29, 1.82) is 5.26 Å². The minimum absolute atomic E-state index is 0.0763. The average Bonchev–Trinajstić information content (AvgIpc) is 2.14. The Balaban J connectivity index is 2.78. The van der Waals surface area contributed by atoms with E-state index in [2.05, 4.69) is 30.7 Å². The summed E-state index contributed by atoms with van der Waals surface area (Å²) in [5.74, 6) is 0.864. The highest BCUT2D eigenvalue weighted by atomic mass is 16.5. The predicted octanol–water partition coefficient (Wildman–Crippen LogP) is 1.24. The zero-order valence-electron chi connectivity index (χ0n) is 9.08. The van der Waals surface area contributed by atoms with Crippen molar-refractivity contribution in [2.75, 3.05) is 26.3 Å². The first-order valence-electron chi connectivity index (χ1n) is 4.85. The summed E-state index contributed by atoms with van der Waals surface area (Å²) in [6.45, 7) is 9.31. The van der Waals surface area contributed by atoms with Gasteiger partial charge >= 0.3 is 0 Å². The van der Waals surface area contributed by atoms with Crippen LogP contribution in [0.5, 0.6) is 0 Å². The molecule has 0 N–H and O–H groups in total. The number of morpholine rings is 1. The van der Waals surface area contributed by atoms with Gasteiger partial charge < -0.3 is 9.64 Å². The van der Waals surface area contributed by atoms with Crippen LogP contribution in [0.25, 0.3) is 0 Å². The lowest BCUT2D eigenvalue weighted by Gasteiger charge is -2.35. The lowest BCUT2D eigenvalue weighted by atomic mass is 9.93. The third kappa shape index (κ3) is 2.71. The standard InChI is InChI=1S/C10H17N3O/c1-10(2,3)9(12-8-11)13-4-6-14-7-5-13/h4-7H2,1-3H3/b12-9-. The highest BCUT2D eigenvalue weighted by Gasteiger charge is 2.26. The van der Waals surface area contributed by atoms with Crippen molar-refractivity contribution in [2.24, 2.45) is 10.4 Å². The molecule has 0 atom stereocenters. The second kappa shape index (κ2) is 4.43. The molecule has 4 heteroatoms. The van der Waals surface area contributed by atoms with Crippen LogP contribution in [-0.2, 0) is 4.74 Å². The molecule has 14 heavy (non-hydrogen) atoms. The molecule has 1 aliphatic heterocycles. The Hall–Kier alpha value is -1.08. The van der Waals surface area contributed by atoms with Crippen LogP contribution >= 0.6 is 0 Å². The van der Waals surface area contributed by atoms with Gasteiger partial charge in [0, 0.05) is 18.5 Å². The number of nitrogens with zero attached hydrogens (tertiary/aromatic N) is 3. The van der Waals surface area contributed by atoms with E-state index in [4.69, 9.17) is 10.00 Å². The number of rotatable bonds is 0. The van der Waals surface area contributed by atoms with Gasteiger partial charge in [-0.2, -0.15) is 10.3 Å². The van der Waals surface area contributed by atoms with Crippen molar-refractivity contribution < 1.29 is 4.74 Å². The molecule has 1 aliphatic rings. The average molecular weight is 195 g/mol. The van der Waals surface area contributed by atoms with Crippen LogP contribution in [-0.4, -0.2) is 37.0 Å². The van der Waals surface area contributed by atoms with E-state index in [1.54, 1.807) is 0 Å². The summed E-state index contributed by atoms with van der Waals surface area (Å²) in [4.78, 5) is 6.04. The van der Waals surface area contributed by atoms with Crippen LogP contribution in [0.1, 0.15) is 20.8 Å². The third-order valence-corrected chi connectivity index (χ3v) is 2.14. The maximum absolute atomic E-state index is 8.64. The van der Waals surface area contributed by atoms with Gasteiger partial charge in [0.2, 0.25) is 6.19 Å². The van der Waals surface area contributed by atoms with Gasteiger partial charge in [-0.1, -0.05) is 20.8 Å². The van der Waals surface area contributed by atoms with Crippen LogP contribution in [0.2, 0.25) is 0 Å². The fourth-order valence-corrected chi connectivity index (χ4v) is 1.54. The molecule has 0 aromatic rings. The summed E-state index contributed by atoms with van der Waals surface area (Å²) in [6.07, 6.45) is 1.88. The van der Waals surface area contributed by atoms with Gasteiger partial charge in [-0.05, 0) is 0 Å². The topological polar surface area (TPSA) is 48.6 Å². The predicted molar refractivity (Wildman–Crippen MR) is 54.9 cm³/mol. The Kier molecular flexibility index (Phi) is 3.48. The molecule has 0 amide bonds. The van der Waals surface area contributed by atoms with E-state index >= 15 is 0 Å². The number of amidine groups is 1. The van der Waals surface area contributed by atoms with E-state index in [0.29, 0.717) is 0 Å². The number of hydrogen-bond acceptors (Lipinski definition) is 3. The molecule has 0 saturated carbocycles. The maximum atomic E-state index is 8.64. The van der Waals surface area contributed by atoms with Crippen LogP contribution in [0.3, 0.4) is 0 Å². The van der Waals surface area contributed by atoms with Crippen LogP contribution < -0.4 is 0 Å². The van der Waals surface area contributed by atoms with Gasteiger partial charge in [-0.15, -0.1) is 0 Å². The Morgan fingerprint density at radius 3 is 2.36 bits per heavy atom. The fraction of sp³-hybridized carbons (Fsp3) is 0.800. The van der Waals surface area contributed by atoms with Crippen LogP contribution in [0.4, 0.5) is 0 Å². The summed E-state index contributed by atoms with van der Waals surface area (Å²) < 4.78 is 5.26. The number of hydrogen-bond donors (Lipinski definition) is 0. The smallest absolute Gasteiger partial charge is 0.207 e. The van der Waals surface area contributed by atoms with Crippen molar-refractivity contribution in [3.05, 3.63) is 0 Å². The molecule has 0 aliphatic carbocycles. The van der Waals surface area contributed by atoms with Gasteiger partial charge in [0.1, 0.15) is 5.84 Å². The van der Waals surface area contributed by atoms with E-state index in [1.807, 2.05) is 6.19 Å². The SMILES string of the molecule is CC(C)(C)/C(=N/C#N)N1CCOCC1. The minimum atomic E-state index is -0.0763. The molecule has 4 nitrogen and oxygen atoms in total. The van der Waals surface area contributed by atoms with E-state index < -0.39 is 0 Å². The zero-order chi connectivity index (χ0) is 10.6. The molecule has 1 rings (SSSR count). The normalized spacial score (nSPS) is 19.3. The first-order chi connectivity index (χ1) is 6.55. The molecular formula is C10H17N3O. The lowest BCUT2D eigenvalue weighted by Crippen LogP contribution is -2.46. The number of aliphatic imine (C=N–C) groups is 1. The number of nitriles is 1. The van der Waals surface area contributed by atoms with E-state index in [0.717, 1.165) is 32.1 Å². The van der Waals surface area contributed by atoms with Crippen molar-refractivity contribution in [3.63, 3.8) is 0 Å².